The van der Waals surface area contributed by atoms with Gasteiger partial charge in [-0.3, -0.25) is 0 Å². The van der Waals surface area contributed by atoms with Crippen LogP contribution in [0.25, 0.3) is 0 Å². The summed E-state index contributed by atoms with van der Waals surface area (Å²) in [7, 11) is 4.74. The highest BCUT2D eigenvalue weighted by Crippen LogP contribution is 2.37. The third kappa shape index (κ3) is 4.38. The van der Waals surface area contributed by atoms with Gasteiger partial charge in [0.05, 0.1) is 33.3 Å². The summed E-state index contributed by atoms with van der Waals surface area (Å²) in [6.45, 7) is 6.10. The molecule has 0 spiro atoms. The quantitative estimate of drug-likeness (QED) is 0.586. The highest BCUT2D eigenvalue weighted by atomic mass is 16.5. The normalized spacial score (nSPS) is 11.7. The summed E-state index contributed by atoms with van der Waals surface area (Å²) in [5.74, 6) is 1.72. The fourth-order valence-corrected chi connectivity index (χ4v) is 2.63. The molecule has 0 fully saturated rings. The molecule has 0 unspecified atom stereocenters. The molecule has 0 amide bonds. The van der Waals surface area contributed by atoms with Crippen LogP contribution >= 0.6 is 0 Å². The van der Waals surface area contributed by atoms with Gasteiger partial charge in [0.25, 0.3) is 0 Å². The topological polar surface area (TPSA) is 52.4 Å². The predicted octanol–water partition coefficient (Wildman–Crippen LogP) is 4.17. The smallest absolute Gasteiger partial charge is 0.203 e. The number of rotatable bonds is 6. The first kappa shape index (κ1) is 18.5. The molecule has 5 nitrogen and oxygen atoms in total. The Hall–Kier alpha value is -2.82. The second-order valence-corrected chi connectivity index (χ2v) is 5.71. The second kappa shape index (κ2) is 8.33. The highest BCUT2D eigenvalue weighted by Gasteiger charge is 2.12. The molecule has 132 valence electrons. The average Bonchev–Trinajstić information content (AvgIpc) is 2.60. The van der Waals surface area contributed by atoms with Crippen LogP contribution in [0.4, 0.5) is 0 Å². The summed E-state index contributed by atoms with van der Waals surface area (Å²) in [4.78, 5) is 0. The Labute approximate surface area is 149 Å². The minimum absolute atomic E-state index is 0.553. The molecule has 0 N–H and O–H groups in total. The maximum absolute atomic E-state index is 5.34. The molecule has 0 radical (unpaired) electrons. The number of hydrogen-bond donors (Lipinski definition) is 0. The highest BCUT2D eigenvalue weighted by molar-refractivity contribution is 6.00. The molecule has 5 heteroatoms. The van der Waals surface area contributed by atoms with Crippen LogP contribution in [-0.4, -0.2) is 33.3 Å². The number of nitrogens with zero attached hydrogens (tertiary/aromatic N) is 2. The number of aryl methyl sites for hydroxylation is 2. The molecule has 0 aliphatic heterocycles. The molecule has 2 aromatic rings. The lowest BCUT2D eigenvalue weighted by Gasteiger charge is -2.12. The average molecular weight is 340 g/mol. The van der Waals surface area contributed by atoms with Gasteiger partial charge in [0.2, 0.25) is 5.75 Å². The van der Waals surface area contributed by atoms with E-state index >= 15 is 0 Å². The van der Waals surface area contributed by atoms with Crippen molar-refractivity contribution in [3.63, 3.8) is 0 Å². The number of benzene rings is 2. The zero-order chi connectivity index (χ0) is 18.4. The minimum Gasteiger partial charge on any atom is -0.493 e. The van der Waals surface area contributed by atoms with Crippen molar-refractivity contribution in [1.82, 2.24) is 0 Å². The van der Waals surface area contributed by atoms with Gasteiger partial charge < -0.3 is 14.2 Å². The molecule has 0 aliphatic carbocycles. The molecule has 0 heterocycles. The fraction of sp³-hybridized carbons (Fsp3) is 0.300. The van der Waals surface area contributed by atoms with Crippen molar-refractivity contribution >= 4 is 11.9 Å². The molecule has 25 heavy (non-hydrogen) atoms. The van der Waals surface area contributed by atoms with Crippen molar-refractivity contribution < 1.29 is 14.2 Å². The van der Waals surface area contributed by atoms with Crippen molar-refractivity contribution in [1.29, 1.82) is 0 Å². The Balaban J connectivity index is 2.29. The van der Waals surface area contributed by atoms with Crippen LogP contribution in [0, 0.1) is 13.8 Å². The summed E-state index contributed by atoms with van der Waals surface area (Å²) >= 11 is 0. The van der Waals surface area contributed by atoms with Gasteiger partial charge in [-0.25, -0.2) is 0 Å². The molecule has 0 aliphatic rings. The molecule has 0 saturated heterocycles. The van der Waals surface area contributed by atoms with Gasteiger partial charge in [-0.1, -0.05) is 23.8 Å². The summed E-state index contributed by atoms with van der Waals surface area (Å²) in [6.07, 6.45) is 1.66. The number of methoxy groups -OCH3 is 3. The first-order valence-corrected chi connectivity index (χ1v) is 7.95. The minimum atomic E-state index is 0.553. The molecule has 0 bridgehead atoms. The number of ether oxygens (including phenoxy) is 3. The van der Waals surface area contributed by atoms with Crippen LogP contribution in [-0.2, 0) is 0 Å². The first-order valence-electron chi connectivity index (χ1n) is 7.95. The third-order valence-electron chi connectivity index (χ3n) is 3.87. The van der Waals surface area contributed by atoms with E-state index < -0.39 is 0 Å². The molecule has 2 rings (SSSR count). The standard InChI is InChI=1S/C20H24N2O3/c1-13-7-8-17(14(2)9-13)15(3)22-21-12-16-10-18(23-4)20(25-6)19(11-16)24-5/h7-12H,1-6H3/b21-12+,22-15+. The van der Waals surface area contributed by atoms with E-state index in [2.05, 4.69) is 42.2 Å². The van der Waals surface area contributed by atoms with Crippen molar-refractivity contribution in [3.05, 3.63) is 52.6 Å². The van der Waals surface area contributed by atoms with Crippen LogP contribution in [0.5, 0.6) is 17.2 Å². The molecule has 2 aromatic carbocycles. The van der Waals surface area contributed by atoms with Gasteiger partial charge in [0.15, 0.2) is 11.5 Å². The van der Waals surface area contributed by atoms with E-state index in [0.29, 0.717) is 17.2 Å². The maximum atomic E-state index is 5.34. The van der Waals surface area contributed by atoms with Crippen molar-refractivity contribution in [3.8, 4) is 17.2 Å². The van der Waals surface area contributed by atoms with E-state index in [-0.39, 0.29) is 0 Å². The van der Waals surface area contributed by atoms with Crippen molar-refractivity contribution in [2.45, 2.75) is 20.8 Å². The van der Waals surface area contributed by atoms with E-state index in [1.807, 2.05) is 19.1 Å². The van der Waals surface area contributed by atoms with Gasteiger partial charge in [-0.05, 0) is 38.5 Å². The van der Waals surface area contributed by atoms with Crippen LogP contribution in [0.2, 0.25) is 0 Å². The second-order valence-electron chi connectivity index (χ2n) is 5.71. The third-order valence-corrected chi connectivity index (χ3v) is 3.87. The summed E-state index contributed by atoms with van der Waals surface area (Å²) in [5, 5.41) is 8.51. The Morgan fingerprint density at radius 1 is 0.920 bits per heavy atom. The van der Waals surface area contributed by atoms with E-state index in [1.165, 1.54) is 11.1 Å². The molecular weight excluding hydrogens is 316 g/mol. The largest absolute Gasteiger partial charge is 0.493 e. The molecule has 0 aromatic heterocycles. The zero-order valence-electron chi connectivity index (χ0n) is 15.6. The lowest BCUT2D eigenvalue weighted by molar-refractivity contribution is 0.324. The maximum Gasteiger partial charge on any atom is 0.203 e. The SMILES string of the molecule is COc1cc(/C=N/N=C(\C)c2ccc(C)cc2C)cc(OC)c1OC. The van der Waals surface area contributed by atoms with E-state index in [4.69, 9.17) is 14.2 Å². The zero-order valence-corrected chi connectivity index (χ0v) is 15.6. The lowest BCUT2D eigenvalue weighted by Crippen LogP contribution is -1.98. The van der Waals surface area contributed by atoms with E-state index in [0.717, 1.165) is 16.8 Å². The summed E-state index contributed by atoms with van der Waals surface area (Å²) < 4.78 is 16.0. The molecule has 0 saturated carbocycles. The predicted molar refractivity (Wildman–Crippen MR) is 102 cm³/mol. The van der Waals surface area contributed by atoms with E-state index in [9.17, 15) is 0 Å². The van der Waals surface area contributed by atoms with E-state index in [1.54, 1.807) is 27.5 Å². The van der Waals surface area contributed by atoms with Crippen LogP contribution in [0.15, 0.2) is 40.5 Å². The monoisotopic (exact) mass is 340 g/mol. The van der Waals surface area contributed by atoms with Gasteiger partial charge in [0, 0.05) is 11.1 Å². The molecular formula is C20H24N2O3. The fourth-order valence-electron chi connectivity index (χ4n) is 2.63. The van der Waals surface area contributed by atoms with Crippen LogP contribution in [0.1, 0.15) is 29.2 Å². The van der Waals surface area contributed by atoms with Crippen LogP contribution in [0.3, 0.4) is 0 Å². The van der Waals surface area contributed by atoms with Gasteiger partial charge in [-0.2, -0.15) is 10.2 Å². The Bertz CT molecular complexity index is 786. The Kier molecular flexibility index (Phi) is 6.17. The Morgan fingerprint density at radius 3 is 2.08 bits per heavy atom. The van der Waals surface area contributed by atoms with Gasteiger partial charge in [-0.15, -0.1) is 0 Å². The van der Waals surface area contributed by atoms with Gasteiger partial charge in [0.1, 0.15) is 0 Å². The summed E-state index contributed by atoms with van der Waals surface area (Å²) in [6, 6.07) is 9.93. The van der Waals surface area contributed by atoms with Crippen LogP contribution < -0.4 is 14.2 Å². The van der Waals surface area contributed by atoms with Crippen molar-refractivity contribution in [2.24, 2.45) is 10.2 Å². The first-order chi connectivity index (χ1) is 12.0. The summed E-state index contributed by atoms with van der Waals surface area (Å²) in [5.41, 5.74) is 5.18. The lowest BCUT2D eigenvalue weighted by atomic mass is 10.0. The Morgan fingerprint density at radius 2 is 1.56 bits per heavy atom. The number of hydrogen-bond acceptors (Lipinski definition) is 5. The van der Waals surface area contributed by atoms with Gasteiger partial charge >= 0.3 is 0 Å². The van der Waals surface area contributed by atoms with Crippen molar-refractivity contribution in [2.75, 3.05) is 21.3 Å². The molecule has 0 atom stereocenters.